The zero-order valence-corrected chi connectivity index (χ0v) is 14.7. The Kier molecular flexibility index (Phi) is 5.95. The number of nitrogens with one attached hydrogen (secondary N) is 2. The third kappa shape index (κ3) is 4.15. The number of benzene rings is 1. The van der Waals surface area contributed by atoms with Crippen LogP contribution in [0.25, 0.3) is 11.1 Å². The van der Waals surface area contributed by atoms with Crippen LogP contribution >= 0.6 is 0 Å². The molecular formula is C19H19F4N3O2. The third-order valence-electron chi connectivity index (χ3n) is 4.69. The van der Waals surface area contributed by atoms with Crippen molar-refractivity contribution in [2.24, 2.45) is 0 Å². The second-order valence-corrected chi connectivity index (χ2v) is 6.64. The van der Waals surface area contributed by atoms with Crippen molar-refractivity contribution in [3.05, 3.63) is 53.9 Å². The fourth-order valence-corrected chi connectivity index (χ4v) is 2.91. The SMILES string of the molecule is O=C(N[C@H](CF)[C@H](O)c1ccc(-c2ccc(C3(F)CNC3)nc2)cc1)C(F)F. The van der Waals surface area contributed by atoms with Crippen LogP contribution in [0.5, 0.6) is 0 Å². The highest BCUT2D eigenvalue weighted by molar-refractivity contribution is 5.79. The van der Waals surface area contributed by atoms with Crippen LogP contribution in [0, 0.1) is 0 Å². The summed E-state index contributed by atoms with van der Waals surface area (Å²) >= 11 is 0. The molecule has 1 saturated heterocycles. The molecule has 3 N–H and O–H groups in total. The normalized spacial score (nSPS) is 17.6. The minimum atomic E-state index is -3.29. The molecule has 1 aromatic heterocycles. The van der Waals surface area contributed by atoms with Crippen LogP contribution in [0.1, 0.15) is 17.4 Å². The van der Waals surface area contributed by atoms with E-state index in [4.69, 9.17) is 0 Å². The summed E-state index contributed by atoms with van der Waals surface area (Å²) in [5.41, 5.74) is 0.601. The predicted molar refractivity (Wildman–Crippen MR) is 94.2 cm³/mol. The molecule has 1 aliphatic rings. The molecule has 1 aromatic carbocycles. The molecule has 150 valence electrons. The molecule has 3 rings (SSSR count). The van der Waals surface area contributed by atoms with E-state index < -0.39 is 36.8 Å². The summed E-state index contributed by atoms with van der Waals surface area (Å²) < 4.78 is 52.0. The van der Waals surface area contributed by atoms with Crippen LogP contribution < -0.4 is 10.6 Å². The Bertz CT molecular complexity index is 811. The molecule has 2 aromatic rings. The smallest absolute Gasteiger partial charge is 0.315 e. The quantitative estimate of drug-likeness (QED) is 0.627. The highest BCUT2D eigenvalue weighted by Gasteiger charge is 2.40. The van der Waals surface area contributed by atoms with Gasteiger partial charge in [0, 0.05) is 24.8 Å². The molecule has 28 heavy (non-hydrogen) atoms. The van der Waals surface area contributed by atoms with E-state index in [1.54, 1.807) is 29.6 Å². The summed E-state index contributed by atoms with van der Waals surface area (Å²) in [6.07, 6.45) is -3.24. The molecule has 1 amide bonds. The van der Waals surface area contributed by atoms with Gasteiger partial charge in [-0.2, -0.15) is 8.78 Å². The monoisotopic (exact) mass is 397 g/mol. The molecular weight excluding hydrogens is 378 g/mol. The number of halogens is 4. The van der Waals surface area contributed by atoms with Gasteiger partial charge in [-0.15, -0.1) is 0 Å². The molecule has 0 unspecified atom stereocenters. The average Bonchev–Trinajstić information content (AvgIpc) is 2.69. The molecule has 5 nitrogen and oxygen atoms in total. The van der Waals surface area contributed by atoms with Crippen molar-refractivity contribution in [1.82, 2.24) is 15.6 Å². The summed E-state index contributed by atoms with van der Waals surface area (Å²) in [5, 5.41) is 14.8. The summed E-state index contributed by atoms with van der Waals surface area (Å²) in [7, 11) is 0. The first-order chi connectivity index (χ1) is 13.3. The van der Waals surface area contributed by atoms with E-state index in [1.807, 2.05) is 0 Å². The van der Waals surface area contributed by atoms with Gasteiger partial charge >= 0.3 is 6.43 Å². The van der Waals surface area contributed by atoms with Gasteiger partial charge in [-0.1, -0.05) is 30.3 Å². The number of carbonyl (C=O) groups is 1. The fraction of sp³-hybridized carbons (Fsp3) is 0.368. The first-order valence-corrected chi connectivity index (χ1v) is 8.63. The van der Waals surface area contributed by atoms with E-state index in [-0.39, 0.29) is 18.7 Å². The van der Waals surface area contributed by atoms with E-state index in [1.165, 1.54) is 18.3 Å². The Hall–Kier alpha value is -2.52. The van der Waals surface area contributed by atoms with E-state index in [0.717, 1.165) is 5.56 Å². The number of nitrogens with zero attached hydrogens (tertiary/aromatic N) is 1. The largest absolute Gasteiger partial charge is 0.386 e. The van der Waals surface area contributed by atoms with E-state index in [0.29, 0.717) is 11.3 Å². The van der Waals surface area contributed by atoms with Gasteiger partial charge in [0.1, 0.15) is 12.8 Å². The van der Waals surface area contributed by atoms with Crippen molar-refractivity contribution in [2.45, 2.75) is 24.2 Å². The summed E-state index contributed by atoms with van der Waals surface area (Å²) in [6, 6.07) is 8.11. The number of alkyl halides is 4. The predicted octanol–water partition coefficient (Wildman–Crippen LogP) is 2.27. The van der Waals surface area contributed by atoms with Crippen molar-refractivity contribution in [1.29, 1.82) is 0 Å². The van der Waals surface area contributed by atoms with E-state index in [2.05, 4.69) is 10.3 Å². The highest BCUT2D eigenvalue weighted by atomic mass is 19.3. The topological polar surface area (TPSA) is 74.2 Å². The van der Waals surface area contributed by atoms with Crippen LogP contribution in [0.2, 0.25) is 0 Å². The standard InChI is InChI=1S/C19H19F4N3O2/c20-7-14(26-18(28)17(21)22)16(27)12-3-1-11(2-4-12)13-5-6-15(25-8-13)19(23)9-24-10-19/h1-6,8,14,16-17,24,27H,7,9-10H2,(H,26,28)/t14-,16-/m1/s1. The Morgan fingerprint density at radius 2 is 1.82 bits per heavy atom. The zero-order valence-electron chi connectivity index (χ0n) is 14.7. The number of aromatic nitrogens is 1. The van der Waals surface area contributed by atoms with Crippen LogP contribution in [-0.2, 0) is 10.5 Å². The van der Waals surface area contributed by atoms with E-state index in [9.17, 15) is 27.5 Å². The molecule has 0 saturated carbocycles. The number of amides is 1. The van der Waals surface area contributed by atoms with Crippen molar-refractivity contribution in [3.8, 4) is 11.1 Å². The number of carbonyl (C=O) groups excluding carboxylic acids is 1. The van der Waals surface area contributed by atoms with Gasteiger partial charge in [-0.25, -0.2) is 8.78 Å². The molecule has 0 spiro atoms. The van der Waals surface area contributed by atoms with Crippen LogP contribution in [-0.4, -0.2) is 48.2 Å². The molecule has 2 heterocycles. The second kappa shape index (κ2) is 8.24. The van der Waals surface area contributed by atoms with Gasteiger partial charge in [0.25, 0.3) is 5.91 Å². The molecule has 2 atom stereocenters. The average molecular weight is 397 g/mol. The number of aliphatic hydroxyl groups excluding tert-OH is 1. The lowest BCUT2D eigenvalue weighted by Crippen LogP contribution is -2.54. The van der Waals surface area contributed by atoms with E-state index >= 15 is 0 Å². The minimum absolute atomic E-state index is 0.226. The number of hydrogen-bond donors (Lipinski definition) is 3. The first kappa shape index (κ1) is 20.2. The van der Waals surface area contributed by atoms with Crippen LogP contribution in [0.4, 0.5) is 17.6 Å². The van der Waals surface area contributed by atoms with Crippen molar-refractivity contribution in [3.63, 3.8) is 0 Å². The maximum atomic E-state index is 14.3. The Morgan fingerprint density at radius 1 is 1.18 bits per heavy atom. The maximum Gasteiger partial charge on any atom is 0.315 e. The second-order valence-electron chi connectivity index (χ2n) is 6.64. The van der Waals surface area contributed by atoms with Gasteiger partial charge in [-0.3, -0.25) is 9.78 Å². The molecule has 1 fully saturated rings. The van der Waals surface area contributed by atoms with Crippen LogP contribution in [0.3, 0.4) is 0 Å². The van der Waals surface area contributed by atoms with Crippen molar-refractivity contribution in [2.75, 3.05) is 19.8 Å². The zero-order chi connectivity index (χ0) is 20.3. The fourth-order valence-electron chi connectivity index (χ4n) is 2.91. The lowest BCUT2D eigenvalue weighted by molar-refractivity contribution is -0.133. The number of rotatable bonds is 7. The van der Waals surface area contributed by atoms with Gasteiger partial charge in [0.15, 0.2) is 5.67 Å². The highest BCUT2D eigenvalue weighted by Crippen LogP contribution is 2.30. The number of aliphatic hydroxyl groups is 1. The Morgan fingerprint density at radius 3 is 2.29 bits per heavy atom. The molecule has 0 radical (unpaired) electrons. The maximum absolute atomic E-state index is 14.3. The van der Waals surface area contributed by atoms with Gasteiger partial charge in [0.05, 0.1) is 11.7 Å². The van der Waals surface area contributed by atoms with Crippen molar-refractivity contribution >= 4 is 5.91 Å². The molecule has 9 heteroatoms. The summed E-state index contributed by atoms with van der Waals surface area (Å²) in [4.78, 5) is 15.2. The summed E-state index contributed by atoms with van der Waals surface area (Å²) in [5.74, 6) is -1.64. The lowest BCUT2D eigenvalue weighted by Gasteiger charge is -2.34. The Balaban J connectivity index is 1.71. The molecule has 0 bridgehead atoms. The lowest BCUT2D eigenvalue weighted by atomic mass is 9.93. The van der Waals surface area contributed by atoms with Gasteiger partial charge in [-0.05, 0) is 17.2 Å². The Labute approximate surface area is 158 Å². The van der Waals surface area contributed by atoms with Crippen molar-refractivity contribution < 1.29 is 27.5 Å². The molecule has 1 aliphatic heterocycles. The minimum Gasteiger partial charge on any atom is -0.386 e. The number of hydrogen-bond acceptors (Lipinski definition) is 4. The van der Waals surface area contributed by atoms with Gasteiger partial charge < -0.3 is 15.7 Å². The molecule has 0 aliphatic carbocycles. The van der Waals surface area contributed by atoms with Crippen LogP contribution in [0.15, 0.2) is 42.6 Å². The van der Waals surface area contributed by atoms with Gasteiger partial charge in [0.2, 0.25) is 0 Å². The number of pyridine rings is 1. The summed E-state index contributed by atoms with van der Waals surface area (Å²) in [6.45, 7) is -0.750. The third-order valence-corrected chi connectivity index (χ3v) is 4.69. The first-order valence-electron chi connectivity index (χ1n) is 8.63.